The third-order valence-corrected chi connectivity index (χ3v) is 11.3. The van der Waals surface area contributed by atoms with Crippen molar-refractivity contribution < 1.29 is 0 Å². The van der Waals surface area contributed by atoms with E-state index in [1.807, 2.05) is 0 Å². The minimum absolute atomic E-state index is 1.06. The van der Waals surface area contributed by atoms with E-state index in [1.165, 1.54) is 48.6 Å². The molecule has 0 atom stereocenters. The third-order valence-electron chi connectivity index (χ3n) is 11.3. The molecule has 0 aliphatic rings. The SMILES string of the molecule is c1ccc(N(c2ccccc2)c2cccc(N(c3ccc4ccc5c6ccccc6ccc5c4c3)c3cccc4c5ccccc5n(-c5ccccc5)c34)c2)cc1. The zero-order valence-electron chi connectivity index (χ0n) is 31.2. The number of rotatable bonds is 7. The molecule has 3 heteroatoms. The van der Waals surface area contributed by atoms with Gasteiger partial charge in [-0.25, -0.2) is 0 Å². The normalized spacial score (nSPS) is 11.5. The molecule has 0 aliphatic carbocycles. The van der Waals surface area contributed by atoms with Gasteiger partial charge in [0.05, 0.1) is 16.7 Å². The largest absolute Gasteiger partial charge is 0.310 e. The molecule has 11 aromatic rings. The molecule has 0 amide bonds. The summed E-state index contributed by atoms with van der Waals surface area (Å²) in [5, 5.41) is 9.90. The minimum Gasteiger partial charge on any atom is -0.310 e. The van der Waals surface area contributed by atoms with Crippen molar-refractivity contribution in [3.63, 3.8) is 0 Å². The Labute approximate surface area is 331 Å². The lowest BCUT2D eigenvalue weighted by atomic mass is 9.96. The van der Waals surface area contributed by atoms with Gasteiger partial charge in [0.2, 0.25) is 0 Å². The summed E-state index contributed by atoms with van der Waals surface area (Å²) in [6, 6.07) is 81.2. The Hall–Kier alpha value is -7.62. The van der Waals surface area contributed by atoms with E-state index in [0.29, 0.717) is 0 Å². The zero-order chi connectivity index (χ0) is 37.7. The van der Waals surface area contributed by atoms with E-state index in [0.717, 1.165) is 45.3 Å². The summed E-state index contributed by atoms with van der Waals surface area (Å²) in [6.07, 6.45) is 0. The number of fused-ring (bicyclic) bond motifs is 8. The van der Waals surface area contributed by atoms with Crippen molar-refractivity contribution in [2.75, 3.05) is 9.80 Å². The molecule has 1 aromatic heterocycles. The summed E-state index contributed by atoms with van der Waals surface area (Å²) < 4.78 is 2.43. The van der Waals surface area contributed by atoms with Crippen LogP contribution < -0.4 is 9.80 Å². The number of benzene rings is 10. The highest BCUT2D eigenvalue weighted by Gasteiger charge is 2.23. The monoisotopic (exact) mass is 727 g/mol. The molecule has 11 rings (SSSR count). The smallest absolute Gasteiger partial charge is 0.0782 e. The molecule has 10 aromatic carbocycles. The molecule has 268 valence electrons. The van der Waals surface area contributed by atoms with Crippen LogP contribution in [-0.4, -0.2) is 4.57 Å². The molecular formula is C54H37N3. The van der Waals surface area contributed by atoms with Crippen LogP contribution in [0.1, 0.15) is 0 Å². The highest BCUT2D eigenvalue weighted by molar-refractivity contribution is 6.18. The molecule has 1 heterocycles. The standard InChI is InChI=1S/C54H37N3/c1-4-17-40(18-5-1)55(41-19-6-2-7-20-41)43-23-14-24-44(36-43)56(45-33-30-39-32-34-47-46-25-11-10-16-38(46)31-35-48(47)51(39)37-45)53-29-15-27-50-49-26-12-13-28-52(49)57(54(50)53)42-21-8-3-9-22-42/h1-37H. The van der Waals surface area contributed by atoms with Crippen LogP contribution >= 0.6 is 0 Å². The molecule has 0 unspecified atom stereocenters. The maximum atomic E-state index is 2.46. The van der Waals surface area contributed by atoms with E-state index in [2.05, 4.69) is 239 Å². The van der Waals surface area contributed by atoms with Crippen LogP contribution in [0, 0.1) is 0 Å². The fourth-order valence-corrected chi connectivity index (χ4v) is 8.77. The highest BCUT2D eigenvalue weighted by Crippen LogP contribution is 2.46. The van der Waals surface area contributed by atoms with E-state index in [4.69, 9.17) is 0 Å². The van der Waals surface area contributed by atoms with Gasteiger partial charge in [-0.2, -0.15) is 0 Å². The number of hydrogen-bond donors (Lipinski definition) is 0. The number of anilines is 6. The summed E-state index contributed by atoms with van der Waals surface area (Å²) in [7, 11) is 0. The average molecular weight is 728 g/mol. The van der Waals surface area contributed by atoms with Crippen molar-refractivity contribution in [3.05, 3.63) is 224 Å². The van der Waals surface area contributed by atoms with Gasteiger partial charge in [0.15, 0.2) is 0 Å². The van der Waals surface area contributed by atoms with E-state index >= 15 is 0 Å². The van der Waals surface area contributed by atoms with Crippen molar-refractivity contribution in [2.24, 2.45) is 0 Å². The topological polar surface area (TPSA) is 11.4 Å². The van der Waals surface area contributed by atoms with Crippen LogP contribution in [0.25, 0.3) is 59.8 Å². The number of hydrogen-bond acceptors (Lipinski definition) is 2. The van der Waals surface area contributed by atoms with Crippen molar-refractivity contribution in [1.82, 2.24) is 4.57 Å². The average Bonchev–Trinajstić information content (AvgIpc) is 3.63. The molecule has 0 spiro atoms. The number of para-hydroxylation sites is 5. The summed E-state index contributed by atoms with van der Waals surface area (Å²) >= 11 is 0. The van der Waals surface area contributed by atoms with Crippen LogP contribution in [0.4, 0.5) is 34.1 Å². The fourth-order valence-electron chi connectivity index (χ4n) is 8.77. The van der Waals surface area contributed by atoms with Crippen molar-refractivity contribution >= 4 is 88.2 Å². The van der Waals surface area contributed by atoms with E-state index in [1.54, 1.807) is 0 Å². The first-order chi connectivity index (χ1) is 28.3. The van der Waals surface area contributed by atoms with Gasteiger partial charge in [0, 0.05) is 44.9 Å². The fraction of sp³-hybridized carbons (Fsp3) is 0. The number of aromatic nitrogens is 1. The second-order valence-corrected chi connectivity index (χ2v) is 14.6. The first-order valence-corrected chi connectivity index (χ1v) is 19.5. The van der Waals surface area contributed by atoms with Crippen molar-refractivity contribution in [1.29, 1.82) is 0 Å². The van der Waals surface area contributed by atoms with Gasteiger partial charge in [-0.3, -0.25) is 0 Å². The van der Waals surface area contributed by atoms with Crippen LogP contribution in [-0.2, 0) is 0 Å². The molecule has 57 heavy (non-hydrogen) atoms. The first-order valence-electron chi connectivity index (χ1n) is 19.5. The molecule has 0 saturated carbocycles. The van der Waals surface area contributed by atoms with Crippen LogP contribution in [0.2, 0.25) is 0 Å². The third kappa shape index (κ3) is 5.51. The van der Waals surface area contributed by atoms with Gasteiger partial charge in [0.1, 0.15) is 0 Å². The predicted octanol–water partition coefficient (Wildman–Crippen LogP) is 15.2. The van der Waals surface area contributed by atoms with Crippen molar-refractivity contribution in [3.8, 4) is 5.69 Å². The lowest BCUT2D eigenvalue weighted by molar-refractivity contribution is 1.17. The van der Waals surface area contributed by atoms with E-state index in [9.17, 15) is 0 Å². The van der Waals surface area contributed by atoms with Crippen LogP contribution in [0.5, 0.6) is 0 Å². The van der Waals surface area contributed by atoms with Crippen molar-refractivity contribution in [2.45, 2.75) is 0 Å². The van der Waals surface area contributed by atoms with Gasteiger partial charge >= 0.3 is 0 Å². The van der Waals surface area contributed by atoms with Gasteiger partial charge in [-0.05, 0) is 111 Å². The predicted molar refractivity (Wildman–Crippen MR) is 243 cm³/mol. The highest BCUT2D eigenvalue weighted by atomic mass is 15.2. The van der Waals surface area contributed by atoms with E-state index in [-0.39, 0.29) is 0 Å². The molecule has 0 bridgehead atoms. The molecular weight excluding hydrogens is 691 g/mol. The maximum absolute atomic E-state index is 2.46. The quantitative estimate of drug-likeness (QED) is 0.151. The van der Waals surface area contributed by atoms with Gasteiger partial charge in [-0.15, -0.1) is 0 Å². The molecule has 0 radical (unpaired) electrons. The summed E-state index contributed by atoms with van der Waals surface area (Å²) in [4.78, 5) is 4.79. The zero-order valence-corrected chi connectivity index (χ0v) is 31.2. The Bertz CT molecular complexity index is 3200. The summed E-state index contributed by atoms with van der Waals surface area (Å²) in [5.74, 6) is 0. The molecule has 0 saturated heterocycles. The number of nitrogens with zero attached hydrogens (tertiary/aromatic N) is 3. The van der Waals surface area contributed by atoms with Gasteiger partial charge < -0.3 is 14.4 Å². The second kappa shape index (κ2) is 13.6. The summed E-state index contributed by atoms with van der Waals surface area (Å²) in [6.45, 7) is 0. The molecule has 0 fully saturated rings. The Morgan fingerprint density at radius 1 is 0.281 bits per heavy atom. The maximum Gasteiger partial charge on any atom is 0.0782 e. The van der Waals surface area contributed by atoms with Crippen LogP contribution in [0.3, 0.4) is 0 Å². The minimum atomic E-state index is 1.06. The van der Waals surface area contributed by atoms with Crippen LogP contribution in [0.15, 0.2) is 224 Å². The summed E-state index contributed by atoms with van der Waals surface area (Å²) in [5.41, 5.74) is 9.98. The lowest BCUT2D eigenvalue weighted by Gasteiger charge is -2.30. The first kappa shape index (κ1) is 32.8. The Morgan fingerprint density at radius 2 is 0.789 bits per heavy atom. The Balaban J connectivity index is 1.21. The molecule has 3 nitrogen and oxygen atoms in total. The van der Waals surface area contributed by atoms with Gasteiger partial charge in [-0.1, -0.05) is 146 Å². The Kier molecular flexibility index (Phi) is 7.82. The second-order valence-electron chi connectivity index (χ2n) is 14.6. The van der Waals surface area contributed by atoms with Gasteiger partial charge in [0.25, 0.3) is 0 Å². The lowest BCUT2D eigenvalue weighted by Crippen LogP contribution is -2.14. The molecule has 0 aliphatic heterocycles. The van der Waals surface area contributed by atoms with E-state index < -0.39 is 0 Å². The Morgan fingerprint density at radius 3 is 1.53 bits per heavy atom. The molecule has 0 N–H and O–H groups in total.